The second kappa shape index (κ2) is 5.22. The Morgan fingerprint density at radius 3 is 1.95 bits per heavy atom. The van der Waals surface area contributed by atoms with E-state index in [4.69, 9.17) is 0 Å². The van der Waals surface area contributed by atoms with Gasteiger partial charge in [0.1, 0.15) is 5.41 Å². The monoisotopic (exact) mass is 293 g/mol. The van der Waals surface area contributed by atoms with Crippen LogP contribution in [0, 0.1) is 0 Å². The topological polar surface area (TPSA) is 54.5 Å². The van der Waals surface area contributed by atoms with Crippen LogP contribution in [0.2, 0.25) is 0 Å². The van der Waals surface area contributed by atoms with E-state index in [1.807, 2.05) is 6.07 Å². The number of hydrogen-bond donors (Lipinski definition) is 0. The van der Waals surface area contributed by atoms with Crippen molar-refractivity contribution in [2.45, 2.75) is 18.8 Å². The van der Waals surface area contributed by atoms with E-state index in [2.05, 4.69) is 0 Å². The lowest BCUT2D eigenvalue weighted by molar-refractivity contribution is -0.137. The van der Waals surface area contributed by atoms with Gasteiger partial charge in [0.05, 0.1) is 5.69 Å². The lowest BCUT2D eigenvalue weighted by atomic mass is 9.76. The lowest BCUT2D eigenvalue weighted by Gasteiger charge is -2.24. The number of amides is 2. The summed E-state index contributed by atoms with van der Waals surface area (Å²) in [5.74, 6) is -1.89. The highest BCUT2D eigenvalue weighted by molar-refractivity contribution is 6.59. The molecule has 1 heterocycles. The van der Waals surface area contributed by atoms with E-state index in [9.17, 15) is 14.4 Å². The van der Waals surface area contributed by atoms with Crippen molar-refractivity contribution in [1.82, 2.24) is 0 Å². The van der Waals surface area contributed by atoms with Gasteiger partial charge in [-0.2, -0.15) is 0 Å². The van der Waals surface area contributed by atoms with Gasteiger partial charge >= 0.3 is 5.91 Å². The normalized spacial score (nSPS) is 21.5. The van der Waals surface area contributed by atoms with Gasteiger partial charge in [0, 0.05) is 0 Å². The largest absolute Gasteiger partial charge is 0.302 e. The molecule has 0 aliphatic carbocycles. The first-order valence-electron chi connectivity index (χ1n) is 7.17. The molecule has 1 saturated heterocycles. The van der Waals surface area contributed by atoms with Crippen LogP contribution in [0.3, 0.4) is 0 Å². The molecule has 1 aliphatic heterocycles. The Morgan fingerprint density at radius 2 is 1.41 bits per heavy atom. The third-order valence-electron chi connectivity index (χ3n) is 4.16. The van der Waals surface area contributed by atoms with Crippen molar-refractivity contribution in [3.63, 3.8) is 0 Å². The summed E-state index contributed by atoms with van der Waals surface area (Å²) < 4.78 is 0. The Balaban J connectivity index is 2.16. The molecule has 0 bridgehead atoms. The van der Waals surface area contributed by atoms with Crippen molar-refractivity contribution in [3.05, 3.63) is 66.2 Å². The fraction of sp³-hybridized carbons (Fsp3) is 0.167. The molecule has 1 aliphatic rings. The number of anilines is 1. The molecule has 22 heavy (non-hydrogen) atoms. The minimum absolute atomic E-state index is 0.254. The Kier molecular flexibility index (Phi) is 3.37. The molecular weight excluding hydrogens is 278 g/mol. The van der Waals surface area contributed by atoms with E-state index in [0.717, 1.165) is 4.90 Å². The van der Waals surface area contributed by atoms with Crippen LogP contribution in [-0.4, -0.2) is 17.6 Å². The number of rotatable bonds is 3. The number of carbonyl (C=O) groups excluding carboxylic acids is 3. The van der Waals surface area contributed by atoms with E-state index in [0.29, 0.717) is 11.3 Å². The third-order valence-corrected chi connectivity index (χ3v) is 4.16. The summed E-state index contributed by atoms with van der Waals surface area (Å²) in [6.07, 6.45) is 0.254. The van der Waals surface area contributed by atoms with Gasteiger partial charge in [0.15, 0.2) is 0 Å². The molecule has 0 aromatic heterocycles. The van der Waals surface area contributed by atoms with E-state index < -0.39 is 23.0 Å². The summed E-state index contributed by atoms with van der Waals surface area (Å²) in [6, 6.07) is 17.4. The van der Waals surface area contributed by atoms with Crippen LogP contribution >= 0.6 is 0 Å². The van der Waals surface area contributed by atoms with Gasteiger partial charge in [-0.25, -0.2) is 4.90 Å². The molecule has 110 valence electrons. The summed E-state index contributed by atoms with van der Waals surface area (Å²) in [5, 5.41) is 0. The lowest BCUT2D eigenvalue weighted by Crippen LogP contribution is -2.40. The number of Topliss-reactive ketones (excluding diaryl/α,β-unsaturated/α-hetero) is 1. The predicted molar refractivity (Wildman–Crippen MR) is 82.4 cm³/mol. The zero-order valence-corrected chi connectivity index (χ0v) is 12.2. The van der Waals surface area contributed by atoms with Gasteiger partial charge in [-0.1, -0.05) is 55.5 Å². The number of hydrogen-bond acceptors (Lipinski definition) is 3. The summed E-state index contributed by atoms with van der Waals surface area (Å²) in [6.45, 7) is 1.75. The maximum Gasteiger partial charge on any atom is 0.302 e. The van der Waals surface area contributed by atoms with Gasteiger partial charge in [0.2, 0.25) is 5.78 Å². The minimum atomic E-state index is -1.41. The average molecular weight is 293 g/mol. The molecule has 0 radical (unpaired) electrons. The predicted octanol–water partition coefficient (Wildman–Crippen LogP) is 2.48. The minimum Gasteiger partial charge on any atom is -0.287 e. The average Bonchev–Trinajstić information content (AvgIpc) is 2.76. The van der Waals surface area contributed by atoms with Crippen molar-refractivity contribution < 1.29 is 14.4 Å². The first-order valence-corrected chi connectivity index (χ1v) is 7.17. The first-order chi connectivity index (χ1) is 10.6. The van der Waals surface area contributed by atoms with Crippen molar-refractivity contribution in [3.8, 4) is 0 Å². The Hall–Kier alpha value is -2.75. The van der Waals surface area contributed by atoms with Crippen LogP contribution in [0.4, 0.5) is 5.69 Å². The number of para-hydroxylation sites is 1. The van der Waals surface area contributed by atoms with Crippen molar-refractivity contribution in [2.75, 3.05) is 4.90 Å². The van der Waals surface area contributed by atoms with Gasteiger partial charge < -0.3 is 0 Å². The van der Waals surface area contributed by atoms with E-state index in [-0.39, 0.29) is 6.42 Å². The van der Waals surface area contributed by atoms with Crippen LogP contribution in [0.5, 0.6) is 0 Å². The molecule has 1 atom stereocenters. The van der Waals surface area contributed by atoms with Crippen LogP contribution in [0.1, 0.15) is 18.9 Å². The number of ketones is 1. The molecule has 4 nitrogen and oxygen atoms in total. The molecule has 1 fully saturated rings. The van der Waals surface area contributed by atoms with Crippen molar-refractivity contribution in [1.29, 1.82) is 0 Å². The Bertz CT molecular complexity index is 739. The molecule has 0 unspecified atom stereocenters. The molecule has 0 spiro atoms. The molecule has 2 aromatic rings. The molecular formula is C18H15NO3. The molecule has 0 N–H and O–H groups in total. The van der Waals surface area contributed by atoms with Crippen molar-refractivity contribution >= 4 is 23.3 Å². The van der Waals surface area contributed by atoms with E-state index >= 15 is 0 Å². The highest BCUT2D eigenvalue weighted by Gasteiger charge is 2.59. The van der Waals surface area contributed by atoms with Gasteiger partial charge in [-0.15, -0.1) is 0 Å². The molecule has 3 rings (SSSR count). The molecule has 2 amide bonds. The first kappa shape index (κ1) is 14.2. The fourth-order valence-electron chi connectivity index (χ4n) is 2.97. The maximum absolute atomic E-state index is 13.0. The summed E-state index contributed by atoms with van der Waals surface area (Å²) in [7, 11) is 0. The fourth-order valence-corrected chi connectivity index (χ4v) is 2.97. The Labute approximate surface area is 128 Å². The van der Waals surface area contributed by atoms with Crippen LogP contribution in [-0.2, 0) is 19.8 Å². The summed E-state index contributed by atoms with van der Waals surface area (Å²) >= 11 is 0. The second-order valence-corrected chi connectivity index (χ2v) is 5.24. The second-order valence-electron chi connectivity index (χ2n) is 5.24. The number of carbonyl (C=O) groups is 3. The summed E-state index contributed by atoms with van der Waals surface area (Å²) in [4.78, 5) is 39.0. The van der Waals surface area contributed by atoms with Crippen molar-refractivity contribution in [2.24, 2.45) is 0 Å². The molecule has 4 heteroatoms. The van der Waals surface area contributed by atoms with E-state index in [1.54, 1.807) is 61.5 Å². The molecule has 0 saturated carbocycles. The van der Waals surface area contributed by atoms with Gasteiger partial charge in [-0.3, -0.25) is 14.4 Å². The third kappa shape index (κ3) is 1.80. The SMILES string of the molecule is CC[C@@]1(c2ccccc2)C(=O)C(=O)N(c2ccccc2)C1=O. The number of imide groups is 1. The smallest absolute Gasteiger partial charge is 0.287 e. The van der Waals surface area contributed by atoms with Gasteiger partial charge in [0.25, 0.3) is 5.91 Å². The quantitative estimate of drug-likeness (QED) is 0.496. The van der Waals surface area contributed by atoms with Gasteiger partial charge in [-0.05, 0) is 24.1 Å². The van der Waals surface area contributed by atoms with Crippen LogP contribution in [0.15, 0.2) is 60.7 Å². The van der Waals surface area contributed by atoms with Crippen LogP contribution < -0.4 is 4.90 Å². The zero-order valence-electron chi connectivity index (χ0n) is 12.2. The zero-order chi connectivity index (χ0) is 15.7. The highest BCUT2D eigenvalue weighted by atomic mass is 16.2. The number of nitrogens with zero attached hydrogens (tertiary/aromatic N) is 1. The maximum atomic E-state index is 13.0. The Morgan fingerprint density at radius 1 is 0.864 bits per heavy atom. The molecule has 2 aromatic carbocycles. The number of benzene rings is 2. The highest BCUT2D eigenvalue weighted by Crippen LogP contribution is 2.38. The standard InChI is InChI=1S/C18H15NO3/c1-2-18(13-9-5-3-6-10-13)15(20)16(21)19(17(18)22)14-11-7-4-8-12-14/h3-12H,2H2,1H3/t18-/m1/s1. The van der Waals surface area contributed by atoms with Crippen LogP contribution in [0.25, 0.3) is 0 Å². The van der Waals surface area contributed by atoms with E-state index in [1.165, 1.54) is 0 Å². The summed E-state index contributed by atoms with van der Waals surface area (Å²) in [5.41, 5.74) is -0.412.